The molecule has 0 saturated heterocycles. The largest absolute Gasteiger partial charge is 0.480 e. The molecule has 1 aromatic carbocycles. The van der Waals surface area contributed by atoms with Crippen molar-refractivity contribution in [3.8, 4) is 0 Å². The predicted octanol–water partition coefficient (Wildman–Crippen LogP) is 3.01. The van der Waals surface area contributed by atoms with Crippen molar-refractivity contribution in [1.82, 2.24) is 5.32 Å². The fourth-order valence-electron chi connectivity index (χ4n) is 2.03. The molecule has 0 spiro atoms. The van der Waals surface area contributed by atoms with Gasteiger partial charge in [-0.05, 0) is 37.0 Å². The molecule has 2 amide bonds. The van der Waals surface area contributed by atoms with Gasteiger partial charge in [0.1, 0.15) is 5.54 Å². The Morgan fingerprint density at radius 1 is 1.20 bits per heavy atom. The van der Waals surface area contributed by atoms with Crippen molar-refractivity contribution in [3.63, 3.8) is 0 Å². The highest BCUT2D eigenvalue weighted by molar-refractivity contribution is 5.93. The lowest BCUT2D eigenvalue weighted by atomic mass is 9.93. The molecule has 0 unspecified atom stereocenters. The van der Waals surface area contributed by atoms with E-state index in [9.17, 15) is 14.7 Å². The standard InChI is InChI=1S/C15H22N2O3/c1-4-11-8-7-9-12(10-11)16-14(20)17-15(5-2,6-3)13(18)19/h7-10H,4-6H2,1-3H3,(H,18,19)(H2,16,17,20). The summed E-state index contributed by atoms with van der Waals surface area (Å²) < 4.78 is 0. The van der Waals surface area contributed by atoms with Crippen molar-refractivity contribution < 1.29 is 14.7 Å². The van der Waals surface area contributed by atoms with Crippen LogP contribution in [0.1, 0.15) is 39.2 Å². The van der Waals surface area contributed by atoms with Gasteiger partial charge in [-0.25, -0.2) is 9.59 Å². The second-order valence-corrected chi connectivity index (χ2v) is 4.73. The van der Waals surface area contributed by atoms with Crippen LogP contribution in [-0.2, 0) is 11.2 Å². The van der Waals surface area contributed by atoms with Crippen molar-refractivity contribution >= 4 is 17.7 Å². The Labute approximate surface area is 119 Å². The van der Waals surface area contributed by atoms with Crippen molar-refractivity contribution in [2.75, 3.05) is 5.32 Å². The minimum absolute atomic E-state index is 0.335. The quantitative estimate of drug-likeness (QED) is 0.748. The average molecular weight is 278 g/mol. The first-order valence-electron chi connectivity index (χ1n) is 6.89. The number of anilines is 1. The van der Waals surface area contributed by atoms with E-state index in [0.717, 1.165) is 12.0 Å². The van der Waals surface area contributed by atoms with Gasteiger partial charge in [0.2, 0.25) is 0 Å². The lowest BCUT2D eigenvalue weighted by Crippen LogP contribution is -2.54. The van der Waals surface area contributed by atoms with Crippen LogP contribution in [0, 0.1) is 0 Å². The molecule has 0 fully saturated rings. The van der Waals surface area contributed by atoms with Crippen LogP contribution in [0.5, 0.6) is 0 Å². The number of aliphatic carboxylic acids is 1. The summed E-state index contributed by atoms with van der Waals surface area (Å²) in [5, 5.41) is 14.5. The van der Waals surface area contributed by atoms with E-state index in [0.29, 0.717) is 18.5 Å². The molecule has 0 atom stereocenters. The number of amides is 2. The van der Waals surface area contributed by atoms with E-state index in [4.69, 9.17) is 0 Å². The SMILES string of the molecule is CCc1cccc(NC(=O)NC(CC)(CC)C(=O)O)c1. The predicted molar refractivity (Wildman–Crippen MR) is 78.9 cm³/mol. The van der Waals surface area contributed by atoms with E-state index in [1.165, 1.54) is 0 Å². The van der Waals surface area contributed by atoms with Crippen LogP contribution in [0.4, 0.5) is 10.5 Å². The summed E-state index contributed by atoms with van der Waals surface area (Å²) in [7, 11) is 0. The molecule has 20 heavy (non-hydrogen) atoms. The van der Waals surface area contributed by atoms with Gasteiger partial charge in [-0.1, -0.05) is 32.9 Å². The third-order valence-electron chi connectivity index (χ3n) is 3.56. The Balaban J connectivity index is 2.78. The second-order valence-electron chi connectivity index (χ2n) is 4.73. The summed E-state index contributed by atoms with van der Waals surface area (Å²) in [6.07, 6.45) is 1.54. The molecule has 0 heterocycles. The molecule has 0 aliphatic heterocycles. The zero-order valence-corrected chi connectivity index (χ0v) is 12.2. The number of benzene rings is 1. The fraction of sp³-hybridized carbons (Fsp3) is 0.467. The first-order chi connectivity index (χ1) is 9.47. The van der Waals surface area contributed by atoms with Crippen molar-refractivity contribution in [3.05, 3.63) is 29.8 Å². The number of carboxylic acid groups (broad SMARTS) is 1. The minimum atomic E-state index is -1.22. The monoisotopic (exact) mass is 278 g/mol. The first-order valence-corrected chi connectivity index (χ1v) is 6.89. The van der Waals surface area contributed by atoms with Gasteiger partial charge in [0.15, 0.2) is 0 Å². The molecule has 1 rings (SSSR count). The highest BCUT2D eigenvalue weighted by Gasteiger charge is 2.36. The third-order valence-corrected chi connectivity index (χ3v) is 3.56. The summed E-state index contributed by atoms with van der Waals surface area (Å²) in [4.78, 5) is 23.3. The molecule has 5 heteroatoms. The second kappa shape index (κ2) is 6.93. The first kappa shape index (κ1) is 16.0. The molecule has 0 aliphatic carbocycles. The van der Waals surface area contributed by atoms with Crippen LogP contribution in [0.15, 0.2) is 24.3 Å². The zero-order chi connectivity index (χ0) is 15.2. The van der Waals surface area contributed by atoms with E-state index >= 15 is 0 Å². The smallest absolute Gasteiger partial charge is 0.329 e. The number of hydrogen-bond acceptors (Lipinski definition) is 2. The van der Waals surface area contributed by atoms with Gasteiger partial charge in [0.25, 0.3) is 0 Å². The zero-order valence-electron chi connectivity index (χ0n) is 12.2. The number of carbonyl (C=O) groups is 2. The number of rotatable bonds is 6. The lowest BCUT2D eigenvalue weighted by molar-refractivity contribution is -0.144. The van der Waals surface area contributed by atoms with E-state index < -0.39 is 17.5 Å². The number of aryl methyl sites for hydroxylation is 1. The normalized spacial score (nSPS) is 10.9. The van der Waals surface area contributed by atoms with Crippen molar-refractivity contribution in [1.29, 1.82) is 0 Å². The molecule has 0 aliphatic rings. The van der Waals surface area contributed by atoms with E-state index in [2.05, 4.69) is 10.6 Å². The molecule has 110 valence electrons. The Morgan fingerprint density at radius 2 is 1.85 bits per heavy atom. The molecule has 0 aromatic heterocycles. The summed E-state index contributed by atoms with van der Waals surface area (Å²) in [6.45, 7) is 5.52. The van der Waals surface area contributed by atoms with Gasteiger partial charge in [-0.2, -0.15) is 0 Å². The van der Waals surface area contributed by atoms with Gasteiger partial charge < -0.3 is 15.7 Å². The van der Waals surface area contributed by atoms with Crippen molar-refractivity contribution in [2.24, 2.45) is 0 Å². The van der Waals surface area contributed by atoms with Crippen molar-refractivity contribution in [2.45, 2.75) is 45.6 Å². The maximum absolute atomic E-state index is 12.0. The fourth-order valence-corrected chi connectivity index (χ4v) is 2.03. The molecule has 1 aromatic rings. The van der Waals surface area contributed by atoms with Gasteiger partial charge in [0.05, 0.1) is 0 Å². The molecular weight excluding hydrogens is 256 g/mol. The van der Waals surface area contributed by atoms with Gasteiger partial charge in [-0.3, -0.25) is 0 Å². The lowest BCUT2D eigenvalue weighted by Gasteiger charge is -2.28. The Morgan fingerprint density at radius 3 is 2.35 bits per heavy atom. The number of carbonyl (C=O) groups excluding carboxylic acids is 1. The van der Waals surface area contributed by atoms with E-state index in [1.807, 2.05) is 25.1 Å². The third kappa shape index (κ3) is 3.73. The highest BCUT2D eigenvalue weighted by Crippen LogP contribution is 2.16. The number of urea groups is 1. The maximum Gasteiger partial charge on any atom is 0.329 e. The average Bonchev–Trinajstić information content (AvgIpc) is 2.44. The summed E-state index contributed by atoms with van der Waals surface area (Å²) >= 11 is 0. The molecule has 3 N–H and O–H groups in total. The maximum atomic E-state index is 12.0. The Kier molecular flexibility index (Phi) is 5.55. The van der Waals surface area contributed by atoms with E-state index in [-0.39, 0.29) is 0 Å². The Hall–Kier alpha value is -2.04. The van der Waals surface area contributed by atoms with Crippen LogP contribution in [-0.4, -0.2) is 22.6 Å². The molecule has 5 nitrogen and oxygen atoms in total. The molecule has 0 radical (unpaired) electrons. The molecule has 0 bridgehead atoms. The Bertz CT molecular complexity index is 482. The number of nitrogens with one attached hydrogen (secondary N) is 2. The van der Waals surface area contributed by atoms with Crippen LogP contribution in [0.2, 0.25) is 0 Å². The van der Waals surface area contributed by atoms with E-state index in [1.54, 1.807) is 19.9 Å². The van der Waals surface area contributed by atoms with Gasteiger partial charge >= 0.3 is 12.0 Å². The summed E-state index contributed by atoms with van der Waals surface area (Å²) in [5.41, 5.74) is 0.554. The molecule has 0 saturated carbocycles. The van der Waals surface area contributed by atoms with Crippen LogP contribution in [0.25, 0.3) is 0 Å². The van der Waals surface area contributed by atoms with Crippen LogP contribution >= 0.6 is 0 Å². The van der Waals surface area contributed by atoms with Gasteiger partial charge in [-0.15, -0.1) is 0 Å². The topological polar surface area (TPSA) is 78.4 Å². The minimum Gasteiger partial charge on any atom is -0.480 e. The number of carboxylic acids is 1. The summed E-state index contributed by atoms with van der Waals surface area (Å²) in [6, 6.07) is 6.99. The molecular formula is C15H22N2O3. The highest BCUT2D eigenvalue weighted by atomic mass is 16.4. The van der Waals surface area contributed by atoms with Crippen LogP contribution in [0.3, 0.4) is 0 Å². The van der Waals surface area contributed by atoms with Crippen LogP contribution < -0.4 is 10.6 Å². The van der Waals surface area contributed by atoms with Gasteiger partial charge in [0, 0.05) is 5.69 Å². The summed E-state index contributed by atoms with van der Waals surface area (Å²) in [5.74, 6) is -1.01. The number of hydrogen-bond donors (Lipinski definition) is 3.